The van der Waals surface area contributed by atoms with Crippen molar-refractivity contribution in [3.8, 4) is 11.3 Å². The number of urea groups is 1. The number of carbonyl (C=O) groups excluding carboxylic acids is 1. The highest BCUT2D eigenvalue weighted by Crippen LogP contribution is 2.32. The van der Waals surface area contributed by atoms with Gasteiger partial charge in [-0.3, -0.25) is 0 Å². The van der Waals surface area contributed by atoms with E-state index in [0.29, 0.717) is 32.3 Å². The minimum absolute atomic E-state index is 0.150. The Hall–Kier alpha value is -3.58. The fraction of sp³-hybridized carbons (Fsp3) is 0.583. The Bertz CT molecular complexity index is 1240. The predicted molar refractivity (Wildman–Crippen MR) is 138 cm³/mol. The van der Waals surface area contributed by atoms with E-state index in [-0.39, 0.29) is 18.0 Å². The standard InChI is InChI=1S/C24H33N11O2/c1-31-6-8-34(9-7-31)24(36)33-4-2-18(3-5-33)35-21-19(16-28-35)20(17-14-26-22(25)27-15-17)29-23(30-21)32-10-12-37-13-11-32/h14-16,18H,2-13H2,1H3,(H2,25,26,27). The summed E-state index contributed by atoms with van der Waals surface area (Å²) in [5, 5.41) is 5.61. The third-order valence-corrected chi connectivity index (χ3v) is 7.54. The van der Waals surface area contributed by atoms with E-state index < -0.39 is 0 Å². The van der Waals surface area contributed by atoms with Crippen molar-refractivity contribution in [1.29, 1.82) is 0 Å². The van der Waals surface area contributed by atoms with Crippen LogP contribution in [0, 0.1) is 0 Å². The first-order valence-electron chi connectivity index (χ1n) is 12.9. The smallest absolute Gasteiger partial charge is 0.320 e. The lowest BCUT2D eigenvalue weighted by molar-refractivity contribution is 0.108. The van der Waals surface area contributed by atoms with Crippen molar-refractivity contribution < 1.29 is 9.53 Å². The molecule has 37 heavy (non-hydrogen) atoms. The maximum atomic E-state index is 13.1. The number of ether oxygens (including phenoxy) is 1. The Balaban J connectivity index is 1.27. The highest BCUT2D eigenvalue weighted by Gasteiger charge is 2.30. The topological polar surface area (TPSA) is 135 Å². The number of nitrogen functional groups attached to an aromatic ring is 1. The molecule has 3 fully saturated rings. The molecule has 0 aliphatic carbocycles. The predicted octanol–water partition coefficient (Wildman–Crippen LogP) is 0.706. The largest absolute Gasteiger partial charge is 0.378 e. The van der Waals surface area contributed by atoms with Crippen LogP contribution in [0.25, 0.3) is 22.3 Å². The number of piperazine rings is 1. The SMILES string of the molecule is CN1CCN(C(=O)N2CCC(n3ncc4c(-c5cnc(N)nc5)nc(N5CCOCC5)nc43)CC2)CC1. The van der Waals surface area contributed by atoms with Crippen LogP contribution >= 0.6 is 0 Å². The summed E-state index contributed by atoms with van der Waals surface area (Å²) in [6.45, 7) is 7.57. The van der Waals surface area contributed by atoms with Gasteiger partial charge in [-0.25, -0.2) is 24.4 Å². The van der Waals surface area contributed by atoms with Crippen LogP contribution in [0.1, 0.15) is 18.9 Å². The van der Waals surface area contributed by atoms with Gasteiger partial charge in [-0.2, -0.15) is 10.1 Å². The van der Waals surface area contributed by atoms with Gasteiger partial charge in [-0.15, -0.1) is 0 Å². The monoisotopic (exact) mass is 507 g/mol. The lowest BCUT2D eigenvalue weighted by Gasteiger charge is -2.39. The van der Waals surface area contributed by atoms with E-state index in [0.717, 1.165) is 74.4 Å². The zero-order valence-electron chi connectivity index (χ0n) is 21.2. The molecule has 0 radical (unpaired) electrons. The number of rotatable bonds is 3. The number of nitrogens with zero attached hydrogens (tertiary/aromatic N) is 10. The Morgan fingerprint density at radius 3 is 2.30 bits per heavy atom. The lowest BCUT2D eigenvalue weighted by Crippen LogP contribution is -2.53. The van der Waals surface area contributed by atoms with E-state index in [4.69, 9.17) is 25.5 Å². The van der Waals surface area contributed by atoms with E-state index in [2.05, 4.69) is 26.8 Å². The molecule has 13 nitrogen and oxygen atoms in total. The second kappa shape index (κ2) is 10.1. The van der Waals surface area contributed by atoms with Gasteiger partial charge in [0, 0.05) is 70.3 Å². The Morgan fingerprint density at radius 1 is 0.919 bits per heavy atom. The van der Waals surface area contributed by atoms with Gasteiger partial charge >= 0.3 is 6.03 Å². The van der Waals surface area contributed by atoms with Crippen molar-refractivity contribution in [2.75, 3.05) is 83.3 Å². The molecule has 0 atom stereocenters. The van der Waals surface area contributed by atoms with Crippen molar-refractivity contribution in [3.05, 3.63) is 18.6 Å². The molecule has 3 aromatic rings. The molecule has 3 aliphatic heterocycles. The summed E-state index contributed by atoms with van der Waals surface area (Å²) in [5.74, 6) is 0.864. The third-order valence-electron chi connectivity index (χ3n) is 7.54. The number of aromatic nitrogens is 6. The first-order chi connectivity index (χ1) is 18.1. The van der Waals surface area contributed by atoms with Gasteiger partial charge in [0.25, 0.3) is 0 Å². The van der Waals surface area contributed by atoms with Gasteiger partial charge in [0.1, 0.15) is 0 Å². The van der Waals surface area contributed by atoms with Crippen molar-refractivity contribution >= 4 is 29.0 Å². The van der Waals surface area contributed by atoms with E-state index >= 15 is 0 Å². The van der Waals surface area contributed by atoms with Crippen LogP contribution in [-0.2, 0) is 4.74 Å². The van der Waals surface area contributed by atoms with Crippen LogP contribution in [-0.4, -0.2) is 123 Å². The number of nitrogens with two attached hydrogens (primary N) is 1. The minimum Gasteiger partial charge on any atom is -0.378 e. The number of anilines is 2. The van der Waals surface area contributed by atoms with Crippen LogP contribution in [0.2, 0.25) is 0 Å². The third kappa shape index (κ3) is 4.76. The summed E-state index contributed by atoms with van der Waals surface area (Å²) in [6, 6.07) is 0.302. The average molecular weight is 508 g/mol. The van der Waals surface area contributed by atoms with E-state index in [1.54, 1.807) is 12.4 Å². The molecule has 13 heteroatoms. The van der Waals surface area contributed by atoms with Crippen LogP contribution in [0.5, 0.6) is 0 Å². The van der Waals surface area contributed by atoms with E-state index in [1.807, 2.05) is 20.7 Å². The van der Waals surface area contributed by atoms with Gasteiger partial charge in [0.2, 0.25) is 11.9 Å². The first kappa shape index (κ1) is 23.8. The number of piperidine rings is 1. The number of likely N-dealkylation sites (tertiary alicyclic amines) is 1. The molecule has 6 heterocycles. The number of hydrogen-bond donors (Lipinski definition) is 1. The highest BCUT2D eigenvalue weighted by molar-refractivity contribution is 5.91. The molecule has 3 saturated heterocycles. The summed E-state index contributed by atoms with van der Waals surface area (Å²) < 4.78 is 7.55. The van der Waals surface area contributed by atoms with Crippen molar-refractivity contribution in [3.63, 3.8) is 0 Å². The zero-order valence-corrected chi connectivity index (χ0v) is 21.2. The molecule has 3 aromatic heterocycles. The number of amides is 2. The van der Waals surface area contributed by atoms with Gasteiger partial charge < -0.3 is 30.1 Å². The minimum atomic E-state index is 0.150. The number of carbonyl (C=O) groups is 1. The maximum Gasteiger partial charge on any atom is 0.320 e. The maximum absolute atomic E-state index is 13.1. The van der Waals surface area contributed by atoms with Crippen LogP contribution < -0.4 is 10.6 Å². The Labute approximate surface area is 215 Å². The molecule has 3 aliphatic rings. The zero-order chi connectivity index (χ0) is 25.4. The molecule has 2 amide bonds. The fourth-order valence-corrected chi connectivity index (χ4v) is 5.27. The number of fused-ring (bicyclic) bond motifs is 1. The van der Waals surface area contributed by atoms with Crippen LogP contribution in [0.4, 0.5) is 16.7 Å². The van der Waals surface area contributed by atoms with Crippen molar-refractivity contribution in [2.45, 2.75) is 18.9 Å². The molecular formula is C24H33N11O2. The molecule has 0 bridgehead atoms. The van der Waals surface area contributed by atoms with Crippen LogP contribution in [0.15, 0.2) is 18.6 Å². The van der Waals surface area contributed by atoms with Gasteiger partial charge in [0.15, 0.2) is 5.65 Å². The summed E-state index contributed by atoms with van der Waals surface area (Å²) >= 11 is 0. The number of morpholine rings is 1. The summed E-state index contributed by atoms with van der Waals surface area (Å²) in [7, 11) is 2.10. The quantitative estimate of drug-likeness (QED) is 0.540. The number of likely N-dealkylation sites (N-methyl/N-ethyl adjacent to an activating group) is 1. The van der Waals surface area contributed by atoms with Gasteiger partial charge in [0.05, 0.1) is 36.5 Å². The normalized spacial score (nSPS) is 20.1. The van der Waals surface area contributed by atoms with E-state index in [1.165, 1.54) is 0 Å². The summed E-state index contributed by atoms with van der Waals surface area (Å²) in [5.41, 5.74) is 8.01. The molecule has 0 saturated carbocycles. The molecule has 0 unspecified atom stereocenters. The molecule has 0 spiro atoms. The van der Waals surface area contributed by atoms with Gasteiger partial charge in [-0.1, -0.05) is 0 Å². The second-order valence-corrected chi connectivity index (χ2v) is 9.92. The Morgan fingerprint density at radius 2 is 1.59 bits per heavy atom. The molecule has 6 rings (SSSR count). The lowest BCUT2D eigenvalue weighted by atomic mass is 10.1. The summed E-state index contributed by atoms with van der Waals surface area (Å²) in [6.07, 6.45) is 6.85. The first-order valence-corrected chi connectivity index (χ1v) is 12.9. The van der Waals surface area contributed by atoms with Crippen molar-refractivity contribution in [1.82, 2.24) is 44.4 Å². The molecule has 2 N–H and O–H groups in total. The second-order valence-electron chi connectivity index (χ2n) is 9.92. The van der Waals surface area contributed by atoms with E-state index in [9.17, 15) is 4.79 Å². The molecule has 0 aromatic carbocycles. The van der Waals surface area contributed by atoms with Crippen LogP contribution in [0.3, 0.4) is 0 Å². The highest BCUT2D eigenvalue weighted by atomic mass is 16.5. The molecule has 196 valence electrons. The average Bonchev–Trinajstić information content (AvgIpc) is 3.38. The summed E-state index contributed by atoms with van der Waals surface area (Å²) in [4.78, 5) is 39.6. The van der Waals surface area contributed by atoms with Gasteiger partial charge in [-0.05, 0) is 19.9 Å². The number of hydrogen-bond acceptors (Lipinski definition) is 10. The molecular weight excluding hydrogens is 474 g/mol. The van der Waals surface area contributed by atoms with Crippen molar-refractivity contribution in [2.24, 2.45) is 0 Å². The Kier molecular flexibility index (Phi) is 6.47. The fourth-order valence-electron chi connectivity index (χ4n) is 5.27.